The first-order valence-corrected chi connectivity index (χ1v) is 16.8. The van der Waals surface area contributed by atoms with Crippen molar-refractivity contribution in [3.05, 3.63) is 106 Å². The number of amides is 4. The zero-order valence-electron chi connectivity index (χ0n) is 28.3. The third kappa shape index (κ3) is 9.07. The van der Waals surface area contributed by atoms with Gasteiger partial charge in [0.15, 0.2) is 5.96 Å². The standard InChI is InChI=1S/C37H42FN7O6/c1-22(46)44-20-26-9-4-2-7-24(26)18-31(44)34(48)43-30(17-23-12-14-28(38)15-13-23)33(47)42-29(11-6-16-41-37(39)40)35(49)45-21-27-10-5-3-8-25(27)19-32(45)36(50)51/h2-5,7-10,12-15,29-32H,6,11,16-21H2,1H3,(H,42,47)(H,43,48)(H,50,51)(H4,39,40,41)/t29-,30+,31-,32-/m0/s1. The molecule has 2 aliphatic rings. The van der Waals surface area contributed by atoms with Crippen LogP contribution in [0.25, 0.3) is 0 Å². The van der Waals surface area contributed by atoms with Gasteiger partial charge in [0.1, 0.15) is 30.0 Å². The number of halogens is 1. The van der Waals surface area contributed by atoms with Gasteiger partial charge in [-0.25, -0.2) is 9.18 Å². The van der Waals surface area contributed by atoms with Crippen LogP contribution in [0, 0.1) is 5.82 Å². The van der Waals surface area contributed by atoms with Gasteiger partial charge in [0, 0.05) is 45.8 Å². The summed E-state index contributed by atoms with van der Waals surface area (Å²) in [6, 6.07) is 15.6. The molecule has 0 aliphatic carbocycles. The smallest absolute Gasteiger partial charge is 0.326 e. The van der Waals surface area contributed by atoms with Crippen LogP contribution in [0.4, 0.5) is 4.39 Å². The monoisotopic (exact) mass is 699 g/mol. The summed E-state index contributed by atoms with van der Waals surface area (Å²) < 4.78 is 13.8. The Balaban J connectivity index is 1.42. The molecule has 2 heterocycles. The second kappa shape index (κ2) is 16.3. The molecule has 4 amide bonds. The molecular weight excluding hydrogens is 657 g/mol. The summed E-state index contributed by atoms with van der Waals surface area (Å²) >= 11 is 0. The number of fused-ring (bicyclic) bond motifs is 2. The van der Waals surface area contributed by atoms with Gasteiger partial charge in [-0.2, -0.15) is 0 Å². The van der Waals surface area contributed by atoms with Crippen LogP contribution in [0.3, 0.4) is 0 Å². The molecule has 0 spiro atoms. The summed E-state index contributed by atoms with van der Waals surface area (Å²) in [5, 5.41) is 15.7. The number of nitrogens with zero attached hydrogens (tertiary/aromatic N) is 3. The first-order chi connectivity index (χ1) is 24.4. The van der Waals surface area contributed by atoms with Crippen LogP contribution in [0.1, 0.15) is 47.6 Å². The van der Waals surface area contributed by atoms with Crippen molar-refractivity contribution < 1.29 is 33.5 Å². The van der Waals surface area contributed by atoms with Gasteiger partial charge in [-0.15, -0.1) is 0 Å². The van der Waals surface area contributed by atoms with Crippen molar-refractivity contribution in [2.45, 2.75) is 76.3 Å². The van der Waals surface area contributed by atoms with Crippen LogP contribution in [-0.2, 0) is 56.3 Å². The molecule has 0 aromatic heterocycles. The Morgan fingerprint density at radius 2 is 1.39 bits per heavy atom. The van der Waals surface area contributed by atoms with Crippen molar-refractivity contribution in [1.29, 1.82) is 0 Å². The molecule has 2 aliphatic heterocycles. The number of aliphatic imine (C=N–C) groups is 1. The molecule has 13 nitrogen and oxygen atoms in total. The minimum absolute atomic E-state index is 0.0199. The molecular formula is C37H42FN7O6. The largest absolute Gasteiger partial charge is 0.480 e. The third-order valence-electron chi connectivity index (χ3n) is 9.32. The molecule has 268 valence electrons. The van der Waals surface area contributed by atoms with Crippen LogP contribution in [0.5, 0.6) is 0 Å². The van der Waals surface area contributed by atoms with Gasteiger partial charge < -0.3 is 37.0 Å². The number of carboxylic acids is 1. The molecule has 51 heavy (non-hydrogen) atoms. The van der Waals surface area contributed by atoms with E-state index in [-0.39, 0.29) is 63.6 Å². The lowest BCUT2D eigenvalue weighted by molar-refractivity contribution is -0.153. The second-order valence-electron chi connectivity index (χ2n) is 12.8. The highest BCUT2D eigenvalue weighted by atomic mass is 19.1. The molecule has 4 atom stereocenters. The van der Waals surface area contributed by atoms with Gasteiger partial charge in [0.2, 0.25) is 23.6 Å². The number of benzene rings is 3. The second-order valence-corrected chi connectivity index (χ2v) is 12.8. The summed E-state index contributed by atoms with van der Waals surface area (Å²) in [4.78, 5) is 74.0. The molecule has 5 rings (SSSR count). The van der Waals surface area contributed by atoms with Gasteiger partial charge in [-0.05, 0) is 52.8 Å². The number of carboxylic acid groups (broad SMARTS) is 1. The van der Waals surface area contributed by atoms with Crippen LogP contribution in [0.2, 0.25) is 0 Å². The number of carbonyl (C=O) groups excluding carboxylic acids is 4. The van der Waals surface area contributed by atoms with E-state index in [2.05, 4.69) is 15.6 Å². The highest BCUT2D eigenvalue weighted by Crippen LogP contribution is 2.26. The Hall–Kier alpha value is -5.79. The van der Waals surface area contributed by atoms with E-state index in [0.29, 0.717) is 5.56 Å². The molecule has 14 heteroatoms. The molecule has 0 bridgehead atoms. The van der Waals surface area contributed by atoms with E-state index in [9.17, 15) is 33.5 Å². The van der Waals surface area contributed by atoms with Crippen LogP contribution in [-0.4, -0.2) is 81.2 Å². The number of nitrogens with one attached hydrogen (secondary N) is 2. The first kappa shape index (κ1) is 36.5. The fourth-order valence-corrected chi connectivity index (χ4v) is 6.63. The summed E-state index contributed by atoms with van der Waals surface area (Å²) in [5.74, 6) is -4.04. The van der Waals surface area contributed by atoms with E-state index in [1.807, 2.05) is 36.4 Å². The van der Waals surface area contributed by atoms with E-state index >= 15 is 0 Å². The fraction of sp³-hybridized carbons (Fsp3) is 0.351. The summed E-state index contributed by atoms with van der Waals surface area (Å²) in [6.45, 7) is 1.76. The zero-order chi connectivity index (χ0) is 36.7. The molecule has 0 unspecified atom stereocenters. The summed E-state index contributed by atoms with van der Waals surface area (Å²) in [7, 11) is 0. The number of aliphatic carboxylic acids is 1. The number of rotatable bonds is 12. The van der Waals surface area contributed by atoms with E-state index in [4.69, 9.17) is 11.5 Å². The topological polar surface area (TPSA) is 201 Å². The zero-order valence-corrected chi connectivity index (χ0v) is 28.3. The normalized spacial score (nSPS) is 17.6. The van der Waals surface area contributed by atoms with Crippen molar-refractivity contribution >= 4 is 35.6 Å². The van der Waals surface area contributed by atoms with E-state index in [1.54, 1.807) is 12.1 Å². The van der Waals surface area contributed by atoms with Crippen LogP contribution < -0.4 is 22.1 Å². The van der Waals surface area contributed by atoms with E-state index in [1.165, 1.54) is 41.0 Å². The van der Waals surface area contributed by atoms with Crippen molar-refractivity contribution in [3.8, 4) is 0 Å². The lowest BCUT2D eigenvalue weighted by Crippen LogP contribution is -2.60. The maximum atomic E-state index is 14.2. The number of carbonyl (C=O) groups is 5. The lowest BCUT2D eigenvalue weighted by Gasteiger charge is -2.37. The minimum Gasteiger partial charge on any atom is -0.480 e. The average Bonchev–Trinajstić information content (AvgIpc) is 3.11. The van der Waals surface area contributed by atoms with Gasteiger partial charge in [0.25, 0.3) is 0 Å². The SMILES string of the molecule is CC(=O)N1Cc2ccccc2C[C@H]1C(=O)N[C@H](Cc1ccc(F)cc1)C(=O)N[C@@H](CCCN=C(N)N)C(=O)N1Cc2ccccc2C[C@H]1C(=O)O. The van der Waals surface area contributed by atoms with Gasteiger partial charge in [-0.1, -0.05) is 60.7 Å². The number of guanidine groups is 1. The molecule has 7 N–H and O–H groups in total. The highest BCUT2D eigenvalue weighted by Gasteiger charge is 2.39. The Bertz CT molecular complexity index is 1810. The maximum Gasteiger partial charge on any atom is 0.326 e. The van der Waals surface area contributed by atoms with Crippen molar-refractivity contribution in [1.82, 2.24) is 20.4 Å². The predicted octanol–water partition coefficient (Wildman–Crippen LogP) is 1.40. The summed E-state index contributed by atoms with van der Waals surface area (Å²) in [5.41, 5.74) is 14.9. The number of nitrogens with two attached hydrogens (primary N) is 2. The van der Waals surface area contributed by atoms with E-state index < -0.39 is 53.7 Å². The van der Waals surface area contributed by atoms with Crippen LogP contribution in [0.15, 0.2) is 77.8 Å². The highest BCUT2D eigenvalue weighted by molar-refractivity contribution is 5.95. The Morgan fingerprint density at radius 3 is 1.96 bits per heavy atom. The van der Waals surface area contributed by atoms with Gasteiger partial charge >= 0.3 is 5.97 Å². The molecule has 3 aromatic carbocycles. The van der Waals surface area contributed by atoms with Gasteiger partial charge in [0.05, 0.1) is 0 Å². The quantitative estimate of drug-likeness (QED) is 0.106. The minimum atomic E-state index is -1.25. The third-order valence-corrected chi connectivity index (χ3v) is 9.32. The van der Waals surface area contributed by atoms with Crippen molar-refractivity contribution in [2.24, 2.45) is 16.5 Å². The predicted molar refractivity (Wildman–Crippen MR) is 186 cm³/mol. The number of hydrogen-bond acceptors (Lipinski definition) is 6. The van der Waals surface area contributed by atoms with Gasteiger partial charge in [-0.3, -0.25) is 24.2 Å². The van der Waals surface area contributed by atoms with E-state index in [0.717, 1.165) is 22.3 Å². The molecule has 3 aromatic rings. The maximum absolute atomic E-state index is 14.2. The molecule has 0 fully saturated rings. The van der Waals surface area contributed by atoms with Crippen molar-refractivity contribution in [2.75, 3.05) is 6.54 Å². The Morgan fingerprint density at radius 1 is 0.824 bits per heavy atom. The first-order valence-electron chi connectivity index (χ1n) is 16.8. The summed E-state index contributed by atoms with van der Waals surface area (Å²) in [6.07, 6.45) is 0.573. The lowest BCUT2D eigenvalue weighted by atomic mass is 9.92. The molecule has 0 radical (unpaired) electrons. The Kier molecular flexibility index (Phi) is 11.6. The fourth-order valence-electron chi connectivity index (χ4n) is 6.63. The van der Waals surface area contributed by atoms with Crippen LogP contribution >= 0.6 is 0 Å². The average molecular weight is 700 g/mol. The Labute approximate surface area is 294 Å². The van der Waals surface area contributed by atoms with Crippen molar-refractivity contribution in [3.63, 3.8) is 0 Å². The number of hydrogen-bond donors (Lipinski definition) is 5. The molecule has 0 saturated carbocycles. The molecule has 0 saturated heterocycles.